The molecule has 5 aliphatic rings. The Kier molecular flexibility index (Phi) is 9.60. The molecule has 0 saturated carbocycles. The molecule has 248 valence electrons. The average molecular weight is 637 g/mol. The number of likely N-dealkylation sites (tertiary alicyclic amines) is 1. The van der Waals surface area contributed by atoms with Gasteiger partial charge in [-0.15, -0.1) is 0 Å². The molecule has 1 aromatic carbocycles. The maximum absolute atomic E-state index is 14.4. The van der Waals surface area contributed by atoms with Crippen molar-refractivity contribution in [3.8, 4) is 0 Å². The van der Waals surface area contributed by atoms with E-state index in [0.717, 1.165) is 18.7 Å². The Morgan fingerprint density at radius 3 is 2.48 bits per heavy atom. The number of morpholine rings is 1. The number of fused-ring (bicyclic) bond motifs is 2. The van der Waals surface area contributed by atoms with Crippen molar-refractivity contribution in [1.82, 2.24) is 19.6 Å². The van der Waals surface area contributed by atoms with Crippen molar-refractivity contribution < 1.29 is 38.5 Å². The minimum absolute atomic E-state index is 0.0686. The number of esters is 1. The lowest BCUT2D eigenvalue weighted by Crippen LogP contribution is -2.56. The topological polar surface area (TPSA) is 129 Å². The van der Waals surface area contributed by atoms with Crippen LogP contribution in [-0.4, -0.2) is 138 Å². The standard InChI is InChI=1S/C34H44N4O8/c1-23-29(24-9-4-3-5-10-24)45-33(43)27-25(11-6-7-12-26(40)35(23)2)46-34-13-8-14-37(16-15-36-18-21-44-22-19-36)32(42)30(34)38(17-20-39)31(41)28(27)34/h3-6,8-11,13,23,25,27-30,39H,7,12,14-22H2,1-2H3/b11-6-/t23-,25-,27+,28+,29+,30-,34+/m1/s1. The first-order valence-electron chi connectivity index (χ1n) is 16.3. The number of nitrogens with zero attached hydrogens (tertiary/aromatic N) is 4. The van der Waals surface area contributed by atoms with Gasteiger partial charge in [0, 0.05) is 52.7 Å². The molecule has 0 aliphatic carbocycles. The summed E-state index contributed by atoms with van der Waals surface area (Å²) in [4.78, 5) is 63.1. The molecule has 46 heavy (non-hydrogen) atoms. The van der Waals surface area contributed by atoms with E-state index < -0.39 is 53.6 Å². The quantitative estimate of drug-likeness (QED) is 0.356. The average Bonchev–Trinajstić information content (AvgIpc) is 3.45. The lowest BCUT2D eigenvalue weighted by molar-refractivity contribution is -0.164. The molecule has 1 spiro atoms. The van der Waals surface area contributed by atoms with Gasteiger partial charge in [-0.2, -0.15) is 0 Å². The Morgan fingerprint density at radius 1 is 0.978 bits per heavy atom. The van der Waals surface area contributed by atoms with Gasteiger partial charge in [0.2, 0.25) is 17.7 Å². The largest absolute Gasteiger partial charge is 0.455 e. The van der Waals surface area contributed by atoms with Crippen LogP contribution in [-0.2, 0) is 33.4 Å². The molecule has 12 heteroatoms. The summed E-state index contributed by atoms with van der Waals surface area (Å²) < 4.78 is 18.4. The van der Waals surface area contributed by atoms with E-state index in [4.69, 9.17) is 14.2 Å². The summed E-state index contributed by atoms with van der Waals surface area (Å²) in [6.45, 7) is 5.73. The van der Waals surface area contributed by atoms with E-state index in [-0.39, 0.29) is 31.4 Å². The first kappa shape index (κ1) is 32.4. The summed E-state index contributed by atoms with van der Waals surface area (Å²) in [5.74, 6) is -3.51. The molecule has 0 radical (unpaired) electrons. The Bertz CT molecular complexity index is 1360. The highest BCUT2D eigenvalue weighted by molar-refractivity contribution is 5.99. The summed E-state index contributed by atoms with van der Waals surface area (Å²) in [5, 5.41) is 9.99. The van der Waals surface area contributed by atoms with Crippen LogP contribution in [0.15, 0.2) is 54.6 Å². The molecule has 3 amide bonds. The monoisotopic (exact) mass is 636 g/mol. The predicted octanol–water partition coefficient (Wildman–Crippen LogP) is 0.772. The van der Waals surface area contributed by atoms with Gasteiger partial charge in [0.05, 0.1) is 37.9 Å². The van der Waals surface area contributed by atoms with E-state index in [1.54, 1.807) is 35.1 Å². The lowest BCUT2D eigenvalue weighted by atomic mass is 9.77. The first-order valence-corrected chi connectivity index (χ1v) is 16.3. The third-order valence-electron chi connectivity index (χ3n) is 10.1. The molecule has 1 aromatic rings. The third kappa shape index (κ3) is 5.87. The SMILES string of the molecule is C[C@@H]1[C@@H](c2ccccc2)OC(=O)[C@@H]2[C@H]3C(=O)N(CCO)[C@@H]4C(=O)N(CCN5CCOCC5)CC=C[C@]34O[C@@H]2/C=C\CCC(=O)N1C. The van der Waals surface area contributed by atoms with Crippen molar-refractivity contribution in [3.05, 3.63) is 60.2 Å². The highest BCUT2D eigenvalue weighted by Gasteiger charge is 2.71. The van der Waals surface area contributed by atoms with Crippen LogP contribution in [0.1, 0.15) is 31.4 Å². The molecule has 7 atom stereocenters. The zero-order valence-corrected chi connectivity index (χ0v) is 26.5. The van der Waals surface area contributed by atoms with Crippen LogP contribution < -0.4 is 0 Å². The summed E-state index contributed by atoms with van der Waals surface area (Å²) in [6, 6.07) is 7.70. The number of benzene rings is 1. The fourth-order valence-electron chi connectivity index (χ4n) is 7.57. The van der Waals surface area contributed by atoms with Crippen molar-refractivity contribution >= 4 is 23.7 Å². The molecule has 6 rings (SSSR count). The van der Waals surface area contributed by atoms with Gasteiger partial charge in [-0.3, -0.25) is 24.1 Å². The van der Waals surface area contributed by atoms with Gasteiger partial charge in [0.25, 0.3) is 0 Å². The Morgan fingerprint density at radius 2 is 1.74 bits per heavy atom. The number of rotatable bonds is 6. The number of hydrogen-bond donors (Lipinski definition) is 1. The van der Waals surface area contributed by atoms with Crippen molar-refractivity contribution in [1.29, 1.82) is 0 Å². The smallest absolute Gasteiger partial charge is 0.313 e. The number of ether oxygens (including phenoxy) is 3. The summed E-state index contributed by atoms with van der Waals surface area (Å²) >= 11 is 0. The first-order chi connectivity index (χ1) is 22.3. The summed E-state index contributed by atoms with van der Waals surface area (Å²) in [6.07, 6.45) is 6.18. The summed E-state index contributed by atoms with van der Waals surface area (Å²) in [7, 11) is 1.70. The van der Waals surface area contributed by atoms with Crippen LogP contribution in [0.5, 0.6) is 0 Å². The van der Waals surface area contributed by atoms with E-state index >= 15 is 0 Å². The predicted molar refractivity (Wildman–Crippen MR) is 166 cm³/mol. The number of carbonyl (C=O) groups is 4. The second kappa shape index (κ2) is 13.6. The number of aliphatic hydroxyl groups excluding tert-OH is 1. The number of carbonyl (C=O) groups excluding carboxylic acids is 4. The lowest BCUT2D eigenvalue weighted by Gasteiger charge is -2.36. The Hall–Kier alpha value is -3.58. The highest BCUT2D eigenvalue weighted by Crippen LogP contribution is 2.53. The number of aliphatic hydroxyl groups is 1. The van der Waals surface area contributed by atoms with Crippen LogP contribution in [0, 0.1) is 11.8 Å². The van der Waals surface area contributed by atoms with E-state index in [1.165, 1.54) is 4.90 Å². The van der Waals surface area contributed by atoms with E-state index in [0.29, 0.717) is 39.3 Å². The van der Waals surface area contributed by atoms with Crippen molar-refractivity contribution in [2.75, 3.05) is 66.1 Å². The van der Waals surface area contributed by atoms with Crippen LogP contribution in [0.4, 0.5) is 0 Å². The number of hydrogen-bond acceptors (Lipinski definition) is 9. The minimum atomic E-state index is -1.43. The van der Waals surface area contributed by atoms with Gasteiger partial charge >= 0.3 is 5.97 Å². The van der Waals surface area contributed by atoms with Gasteiger partial charge < -0.3 is 34.0 Å². The number of β-amino-alcohol motifs (C(OH)–C–C–N with tert-alkyl or cyclic N) is 1. The van der Waals surface area contributed by atoms with Crippen molar-refractivity contribution in [3.63, 3.8) is 0 Å². The minimum Gasteiger partial charge on any atom is -0.455 e. The maximum atomic E-state index is 14.4. The van der Waals surface area contributed by atoms with Crippen LogP contribution in [0.2, 0.25) is 0 Å². The van der Waals surface area contributed by atoms with Crippen LogP contribution in [0.25, 0.3) is 0 Å². The molecule has 0 aromatic heterocycles. The Labute approximate surface area is 269 Å². The zero-order chi connectivity index (χ0) is 32.4. The number of allylic oxidation sites excluding steroid dienone is 1. The summed E-state index contributed by atoms with van der Waals surface area (Å²) in [5.41, 5.74) is -0.713. The van der Waals surface area contributed by atoms with Gasteiger partial charge in [-0.05, 0) is 18.9 Å². The maximum Gasteiger partial charge on any atom is 0.313 e. The van der Waals surface area contributed by atoms with E-state index in [9.17, 15) is 24.3 Å². The van der Waals surface area contributed by atoms with Gasteiger partial charge in [0.15, 0.2) is 0 Å². The van der Waals surface area contributed by atoms with E-state index in [1.807, 2.05) is 43.3 Å². The normalized spacial score (nSPS) is 34.7. The zero-order valence-electron chi connectivity index (χ0n) is 26.5. The van der Waals surface area contributed by atoms with Gasteiger partial charge in [-0.1, -0.05) is 54.6 Å². The van der Waals surface area contributed by atoms with Crippen LogP contribution >= 0.6 is 0 Å². The second-order valence-electron chi connectivity index (χ2n) is 12.7. The number of cyclic esters (lactones) is 1. The molecule has 5 heterocycles. The highest BCUT2D eigenvalue weighted by atomic mass is 16.6. The number of amides is 3. The fraction of sp³-hybridized carbons (Fsp3) is 0.588. The van der Waals surface area contributed by atoms with Crippen molar-refractivity contribution in [2.24, 2.45) is 11.8 Å². The molecule has 5 aliphatic heterocycles. The third-order valence-corrected chi connectivity index (χ3v) is 10.1. The van der Waals surface area contributed by atoms with Gasteiger partial charge in [0.1, 0.15) is 23.7 Å². The van der Waals surface area contributed by atoms with Gasteiger partial charge in [-0.25, -0.2) is 0 Å². The molecule has 3 saturated heterocycles. The molecule has 3 fully saturated rings. The molecule has 0 bridgehead atoms. The van der Waals surface area contributed by atoms with E-state index in [2.05, 4.69) is 4.90 Å². The molecule has 12 nitrogen and oxygen atoms in total. The second-order valence-corrected chi connectivity index (χ2v) is 12.7. The number of likely N-dealkylation sites (N-methyl/N-ethyl adjacent to an activating group) is 1. The molecule has 0 unspecified atom stereocenters. The molecular weight excluding hydrogens is 592 g/mol. The van der Waals surface area contributed by atoms with Crippen molar-refractivity contribution in [2.45, 2.75) is 49.7 Å². The molecular formula is C34H44N4O8. The Balaban J connectivity index is 1.36. The molecule has 1 N–H and O–H groups in total. The van der Waals surface area contributed by atoms with Crippen LogP contribution in [0.3, 0.4) is 0 Å². The fourth-order valence-corrected chi connectivity index (χ4v) is 7.57.